The zero-order chi connectivity index (χ0) is 19.3. The second-order valence-corrected chi connectivity index (χ2v) is 8.19. The van der Waals surface area contributed by atoms with Crippen molar-refractivity contribution in [2.24, 2.45) is 5.92 Å². The van der Waals surface area contributed by atoms with E-state index in [0.29, 0.717) is 18.0 Å². The van der Waals surface area contributed by atoms with Gasteiger partial charge in [0.15, 0.2) is 0 Å². The third-order valence-corrected chi connectivity index (χ3v) is 6.56. The number of hydrogen-bond acceptors (Lipinski definition) is 4. The molecule has 4 atom stereocenters. The maximum atomic E-state index is 12.4. The maximum absolute atomic E-state index is 12.4. The molecule has 2 heterocycles. The third-order valence-electron chi connectivity index (χ3n) is 6.56. The summed E-state index contributed by atoms with van der Waals surface area (Å²) in [4.78, 5) is 14.3. The highest BCUT2D eigenvalue weighted by atomic mass is 35.5. The first-order valence-electron chi connectivity index (χ1n) is 10.2. The van der Waals surface area contributed by atoms with E-state index >= 15 is 0 Å². The summed E-state index contributed by atoms with van der Waals surface area (Å²) in [7, 11) is 3.63. The van der Waals surface area contributed by atoms with Gasteiger partial charge in [-0.05, 0) is 48.6 Å². The smallest absolute Gasteiger partial charge is 0.230 e. The van der Waals surface area contributed by atoms with Crippen LogP contribution in [0.4, 0.5) is 5.69 Å². The topological polar surface area (TPSA) is 53.6 Å². The molecule has 162 valence electrons. The Kier molecular flexibility index (Phi) is 6.98. The Morgan fingerprint density at radius 2 is 1.93 bits per heavy atom. The zero-order valence-electron chi connectivity index (χ0n) is 17.3. The van der Waals surface area contributed by atoms with Gasteiger partial charge in [-0.1, -0.05) is 30.3 Å². The normalized spacial score (nSPS) is 26.2. The van der Waals surface area contributed by atoms with E-state index < -0.39 is 0 Å². The molecule has 5 rings (SSSR count). The van der Waals surface area contributed by atoms with Gasteiger partial charge in [0.1, 0.15) is 5.75 Å². The van der Waals surface area contributed by atoms with Gasteiger partial charge in [0.2, 0.25) is 5.91 Å². The molecule has 1 saturated heterocycles. The number of halogens is 2. The minimum absolute atomic E-state index is 0. The fourth-order valence-electron chi connectivity index (χ4n) is 4.90. The summed E-state index contributed by atoms with van der Waals surface area (Å²) in [6.07, 6.45) is 2.07. The van der Waals surface area contributed by atoms with Crippen LogP contribution in [0.1, 0.15) is 41.5 Å². The molecule has 1 amide bonds. The van der Waals surface area contributed by atoms with Crippen molar-refractivity contribution in [3.05, 3.63) is 59.2 Å². The lowest BCUT2D eigenvalue weighted by Gasteiger charge is -2.27. The quantitative estimate of drug-likeness (QED) is 0.728. The van der Waals surface area contributed by atoms with Gasteiger partial charge in [0, 0.05) is 42.8 Å². The average molecular weight is 450 g/mol. The number of fused-ring (bicyclic) bond motifs is 3. The number of amides is 1. The minimum atomic E-state index is 0. The molecule has 3 aliphatic rings. The summed E-state index contributed by atoms with van der Waals surface area (Å²) in [6, 6.07) is 15.6. The highest BCUT2D eigenvalue weighted by Crippen LogP contribution is 2.56. The van der Waals surface area contributed by atoms with E-state index in [4.69, 9.17) is 4.74 Å². The van der Waals surface area contributed by atoms with Crippen LogP contribution in [0.3, 0.4) is 0 Å². The molecule has 1 saturated carbocycles. The van der Waals surface area contributed by atoms with Gasteiger partial charge < -0.3 is 20.3 Å². The van der Waals surface area contributed by atoms with Gasteiger partial charge in [0.25, 0.3) is 0 Å². The molecule has 0 radical (unpaired) electrons. The van der Waals surface area contributed by atoms with Gasteiger partial charge in [-0.3, -0.25) is 4.79 Å². The average Bonchev–Trinajstić information content (AvgIpc) is 3.40. The van der Waals surface area contributed by atoms with Crippen molar-refractivity contribution in [2.75, 3.05) is 25.6 Å². The summed E-state index contributed by atoms with van der Waals surface area (Å²) in [6.45, 7) is 1.74. The second-order valence-electron chi connectivity index (χ2n) is 8.19. The molecule has 2 fully saturated rings. The van der Waals surface area contributed by atoms with Gasteiger partial charge in [-0.15, -0.1) is 24.8 Å². The van der Waals surface area contributed by atoms with Crippen molar-refractivity contribution < 1.29 is 9.53 Å². The number of nitrogens with one attached hydrogen (secondary N) is 2. The van der Waals surface area contributed by atoms with Crippen molar-refractivity contribution in [1.29, 1.82) is 0 Å². The molecule has 5 nitrogen and oxygen atoms in total. The van der Waals surface area contributed by atoms with Crippen LogP contribution in [-0.2, 0) is 11.3 Å². The Hall–Kier alpha value is -1.79. The molecule has 2 N–H and O–H groups in total. The molecule has 0 bridgehead atoms. The lowest BCUT2D eigenvalue weighted by Crippen LogP contribution is -2.34. The predicted octanol–water partition coefficient (Wildman–Crippen LogP) is 3.81. The van der Waals surface area contributed by atoms with Crippen LogP contribution >= 0.6 is 24.8 Å². The summed E-state index contributed by atoms with van der Waals surface area (Å²) in [5.74, 6) is 1.74. The minimum Gasteiger partial charge on any atom is -0.496 e. The molecule has 1 aliphatic carbocycles. The van der Waals surface area contributed by atoms with Crippen LogP contribution in [0.15, 0.2) is 42.5 Å². The molecule has 2 aromatic carbocycles. The number of anilines is 1. The number of rotatable bonds is 5. The highest BCUT2D eigenvalue weighted by Gasteiger charge is 2.50. The van der Waals surface area contributed by atoms with Crippen molar-refractivity contribution in [2.45, 2.75) is 37.4 Å². The number of ether oxygens (including phenoxy) is 1. The van der Waals surface area contributed by atoms with E-state index in [2.05, 4.69) is 53.1 Å². The molecule has 2 aromatic rings. The monoisotopic (exact) mass is 449 g/mol. The van der Waals surface area contributed by atoms with E-state index in [1.807, 2.05) is 11.9 Å². The Bertz CT molecular complexity index is 909. The predicted molar refractivity (Wildman–Crippen MR) is 124 cm³/mol. The van der Waals surface area contributed by atoms with E-state index in [1.54, 1.807) is 7.11 Å². The number of hydrogen-bond donors (Lipinski definition) is 2. The van der Waals surface area contributed by atoms with Crippen LogP contribution in [0.25, 0.3) is 0 Å². The van der Waals surface area contributed by atoms with Gasteiger partial charge in [-0.2, -0.15) is 0 Å². The maximum Gasteiger partial charge on any atom is 0.230 e. The molecule has 0 spiro atoms. The van der Waals surface area contributed by atoms with E-state index in [0.717, 1.165) is 42.9 Å². The van der Waals surface area contributed by atoms with Crippen molar-refractivity contribution >= 4 is 36.4 Å². The first-order valence-corrected chi connectivity index (χ1v) is 10.2. The standard InChI is InChI=1S/C23H27N3O2.2ClH/c1-26-20-10-15(21(28-2)12-17(20)16-11-18(16)23(26)27)13-25-19-8-9-24-22(19)14-6-4-3-5-7-14;;/h3-7,10,12,16,18-19,22,24-25H,8-9,11,13H2,1-2H3;2*1H/t16-,18-,19?,22?;;/m1../s1. The van der Waals surface area contributed by atoms with Crippen LogP contribution in [0.5, 0.6) is 5.75 Å². The molecular formula is C23H29Cl2N3O2. The first-order chi connectivity index (χ1) is 13.7. The highest BCUT2D eigenvalue weighted by molar-refractivity contribution is 6.01. The van der Waals surface area contributed by atoms with Crippen molar-refractivity contribution in [3.8, 4) is 5.75 Å². The lowest BCUT2D eigenvalue weighted by molar-refractivity contribution is -0.119. The number of nitrogens with zero attached hydrogens (tertiary/aromatic N) is 1. The number of methoxy groups -OCH3 is 1. The van der Waals surface area contributed by atoms with Gasteiger partial charge in [0.05, 0.1) is 7.11 Å². The number of benzene rings is 2. The van der Waals surface area contributed by atoms with Crippen LogP contribution in [-0.4, -0.2) is 32.7 Å². The Morgan fingerprint density at radius 1 is 1.17 bits per heavy atom. The molecule has 0 aromatic heterocycles. The van der Waals surface area contributed by atoms with E-state index in [-0.39, 0.29) is 36.6 Å². The molecular weight excluding hydrogens is 421 g/mol. The zero-order valence-corrected chi connectivity index (χ0v) is 18.9. The Morgan fingerprint density at radius 3 is 2.67 bits per heavy atom. The summed E-state index contributed by atoms with van der Waals surface area (Å²) in [5.41, 5.74) is 4.74. The third kappa shape index (κ3) is 3.92. The fraction of sp³-hybridized carbons (Fsp3) is 0.435. The van der Waals surface area contributed by atoms with E-state index in [9.17, 15) is 4.79 Å². The number of carbonyl (C=O) groups excluding carboxylic acids is 1. The van der Waals surface area contributed by atoms with Crippen molar-refractivity contribution in [3.63, 3.8) is 0 Å². The van der Waals surface area contributed by atoms with Gasteiger partial charge in [-0.25, -0.2) is 0 Å². The van der Waals surface area contributed by atoms with Crippen LogP contribution in [0.2, 0.25) is 0 Å². The summed E-state index contributed by atoms with van der Waals surface area (Å²) >= 11 is 0. The molecule has 30 heavy (non-hydrogen) atoms. The van der Waals surface area contributed by atoms with Crippen LogP contribution in [0, 0.1) is 5.92 Å². The fourth-order valence-corrected chi connectivity index (χ4v) is 4.90. The second kappa shape index (κ2) is 9.15. The lowest BCUT2D eigenvalue weighted by atomic mass is 9.97. The summed E-state index contributed by atoms with van der Waals surface area (Å²) in [5, 5.41) is 7.35. The molecule has 2 aliphatic heterocycles. The largest absolute Gasteiger partial charge is 0.496 e. The Balaban J connectivity index is 0.00000128. The summed E-state index contributed by atoms with van der Waals surface area (Å²) < 4.78 is 5.71. The molecule has 7 heteroatoms. The first kappa shape index (κ1) is 22.9. The van der Waals surface area contributed by atoms with Gasteiger partial charge >= 0.3 is 0 Å². The number of carbonyl (C=O) groups is 1. The SMILES string of the molecule is COc1cc2c(cc1CNC1CCNC1c1ccccc1)N(C)C(=O)[C@@H]1C[C@H]21.Cl.Cl. The Labute approximate surface area is 190 Å². The van der Waals surface area contributed by atoms with Crippen molar-refractivity contribution in [1.82, 2.24) is 10.6 Å². The van der Waals surface area contributed by atoms with Crippen LogP contribution < -0.4 is 20.3 Å². The van der Waals surface area contributed by atoms with E-state index in [1.165, 1.54) is 11.1 Å². The molecule has 2 unspecified atom stereocenters.